The number of anilines is 2. The standard InChI is InChI=1S/C13H12F3N3O2/c14-13(15,16)9-1-3-10(4-2-9)19-11-12(21-8-7-20)18-6-5-17-11/h1-6,20H,7-8H2,(H,17,19). The Hall–Kier alpha value is -2.35. The van der Waals surface area contributed by atoms with Crippen LogP contribution < -0.4 is 10.1 Å². The Morgan fingerprint density at radius 1 is 1.10 bits per heavy atom. The van der Waals surface area contributed by atoms with Gasteiger partial charge < -0.3 is 15.2 Å². The Labute approximate surface area is 118 Å². The summed E-state index contributed by atoms with van der Waals surface area (Å²) in [4.78, 5) is 7.93. The molecule has 0 saturated carbocycles. The Morgan fingerprint density at radius 2 is 1.76 bits per heavy atom. The molecule has 0 saturated heterocycles. The van der Waals surface area contributed by atoms with Gasteiger partial charge >= 0.3 is 6.18 Å². The fourth-order valence-electron chi connectivity index (χ4n) is 1.54. The van der Waals surface area contributed by atoms with Gasteiger partial charge in [0, 0.05) is 18.1 Å². The average Bonchev–Trinajstić information content (AvgIpc) is 2.46. The third-order valence-corrected chi connectivity index (χ3v) is 2.47. The molecule has 0 aliphatic carbocycles. The molecule has 0 amide bonds. The van der Waals surface area contributed by atoms with Crippen molar-refractivity contribution in [1.82, 2.24) is 9.97 Å². The van der Waals surface area contributed by atoms with E-state index in [1.54, 1.807) is 0 Å². The molecule has 0 atom stereocenters. The number of benzene rings is 1. The molecule has 2 N–H and O–H groups in total. The zero-order chi connectivity index (χ0) is 15.3. The van der Waals surface area contributed by atoms with E-state index in [2.05, 4.69) is 15.3 Å². The zero-order valence-electron chi connectivity index (χ0n) is 10.8. The smallest absolute Gasteiger partial charge is 0.416 e. The number of halogens is 3. The molecule has 2 rings (SSSR count). The van der Waals surface area contributed by atoms with Crippen LogP contribution in [0.2, 0.25) is 0 Å². The summed E-state index contributed by atoms with van der Waals surface area (Å²) in [5.74, 6) is 0.414. The number of alkyl halides is 3. The number of aliphatic hydroxyl groups excluding tert-OH is 1. The quantitative estimate of drug-likeness (QED) is 0.888. The predicted molar refractivity (Wildman–Crippen MR) is 69.3 cm³/mol. The van der Waals surface area contributed by atoms with Crippen LogP contribution in [0.5, 0.6) is 5.88 Å². The minimum absolute atomic E-state index is 0.0420. The van der Waals surface area contributed by atoms with Crippen LogP contribution in [0.25, 0.3) is 0 Å². The first-order valence-electron chi connectivity index (χ1n) is 5.99. The summed E-state index contributed by atoms with van der Waals surface area (Å²) in [6, 6.07) is 4.50. The van der Waals surface area contributed by atoms with Gasteiger partial charge in [-0.15, -0.1) is 0 Å². The minimum Gasteiger partial charge on any atom is -0.473 e. The summed E-state index contributed by atoms with van der Waals surface area (Å²) >= 11 is 0. The number of rotatable bonds is 5. The normalized spacial score (nSPS) is 11.2. The molecule has 0 aliphatic heterocycles. The van der Waals surface area contributed by atoms with E-state index in [1.807, 2.05) is 0 Å². The Balaban J connectivity index is 2.15. The van der Waals surface area contributed by atoms with Crippen LogP contribution in [0, 0.1) is 0 Å². The summed E-state index contributed by atoms with van der Waals surface area (Å²) in [5.41, 5.74) is -0.318. The number of hydrogen-bond acceptors (Lipinski definition) is 5. The zero-order valence-corrected chi connectivity index (χ0v) is 10.8. The van der Waals surface area contributed by atoms with E-state index in [0.29, 0.717) is 5.69 Å². The van der Waals surface area contributed by atoms with E-state index >= 15 is 0 Å². The second kappa shape index (κ2) is 6.40. The van der Waals surface area contributed by atoms with Gasteiger partial charge in [-0.05, 0) is 24.3 Å². The monoisotopic (exact) mass is 299 g/mol. The number of hydrogen-bond donors (Lipinski definition) is 2. The average molecular weight is 299 g/mol. The van der Waals surface area contributed by atoms with Crippen molar-refractivity contribution in [1.29, 1.82) is 0 Å². The molecule has 2 aromatic rings. The lowest BCUT2D eigenvalue weighted by Crippen LogP contribution is -2.07. The highest BCUT2D eigenvalue weighted by Crippen LogP contribution is 2.30. The van der Waals surface area contributed by atoms with E-state index in [9.17, 15) is 13.2 Å². The van der Waals surface area contributed by atoms with Crippen molar-refractivity contribution < 1.29 is 23.0 Å². The fourth-order valence-corrected chi connectivity index (χ4v) is 1.54. The van der Waals surface area contributed by atoms with Crippen molar-refractivity contribution in [3.63, 3.8) is 0 Å². The first kappa shape index (κ1) is 15.0. The van der Waals surface area contributed by atoms with E-state index < -0.39 is 11.7 Å². The molecule has 0 fully saturated rings. The lowest BCUT2D eigenvalue weighted by molar-refractivity contribution is -0.137. The van der Waals surface area contributed by atoms with Crippen molar-refractivity contribution in [2.45, 2.75) is 6.18 Å². The van der Waals surface area contributed by atoms with E-state index in [-0.39, 0.29) is 24.9 Å². The lowest BCUT2D eigenvalue weighted by atomic mass is 10.2. The van der Waals surface area contributed by atoms with Crippen molar-refractivity contribution in [2.75, 3.05) is 18.5 Å². The molecule has 1 aromatic heterocycles. The van der Waals surface area contributed by atoms with Crippen LogP contribution in [-0.2, 0) is 6.18 Å². The molecule has 1 heterocycles. The third-order valence-electron chi connectivity index (χ3n) is 2.47. The van der Waals surface area contributed by atoms with Gasteiger partial charge in [0.25, 0.3) is 5.88 Å². The summed E-state index contributed by atoms with van der Waals surface area (Å²) in [5, 5.41) is 11.5. The molecule has 0 bridgehead atoms. The number of nitrogens with zero attached hydrogens (tertiary/aromatic N) is 2. The third kappa shape index (κ3) is 4.06. The highest BCUT2D eigenvalue weighted by atomic mass is 19.4. The molecular weight excluding hydrogens is 287 g/mol. The highest BCUT2D eigenvalue weighted by molar-refractivity contribution is 5.60. The van der Waals surface area contributed by atoms with Gasteiger partial charge in [0.15, 0.2) is 5.82 Å². The Bertz CT molecular complexity index is 588. The van der Waals surface area contributed by atoms with Gasteiger partial charge in [-0.3, -0.25) is 0 Å². The maximum absolute atomic E-state index is 12.5. The topological polar surface area (TPSA) is 67.3 Å². The molecule has 0 aliphatic rings. The molecule has 1 aromatic carbocycles. The molecule has 5 nitrogen and oxygen atoms in total. The van der Waals surface area contributed by atoms with Gasteiger partial charge in [-0.25, -0.2) is 9.97 Å². The van der Waals surface area contributed by atoms with E-state index in [1.165, 1.54) is 24.5 Å². The fraction of sp³-hybridized carbons (Fsp3) is 0.231. The van der Waals surface area contributed by atoms with Crippen molar-refractivity contribution >= 4 is 11.5 Å². The van der Waals surface area contributed by atoms with Gasteiger partial charge in [0.05, 0.1) is 12.2 Å². The van der Waals surface area contributed by atoms with E-state index in [4.69, 9.17) is 9.84 Å². The van der Waals surface area contributed by atoms with Crippen LogP contribution in [0.4, 0.5) is 24.7 Å². The number of aliphatic hydroxyl groups is 1. The maximum atomic E-state index is 12.5. The molecule has 0 radical (unpaired) electrons. The number of aromatic nitrogens is 2. The van der Waals surface area contributed by atoms with Gasteiger partial charge in [-0.2, -0.15) is 13.2 Å². The van der Waals surface area contributed by atoms with Crippen LogP contribution in [0.3, 0.4) is 0 Å². The van der Waals surface area contributed by atoms with Crippen LogP contribution in [0.15, 0.2) is 36.7 Å². The van der Waals surface area contributed by atoms with Crippen molar-refractivity contribution in [2.24, 2.45) is 0 Å². The molecule has 8 heteroatoms. The lowest BCUT2D eigenvalue weighted by Gasteiger charge is -2.11. The van der Waals surface area contributed by atoms with Gasteiger partial charge in [0.1, 0.15) is 6.61 Å². The first-order valence-corrected chi connectivity index (χ1v) is 5.99. The van der Waals surface area contributed by atoms with Gasteiger partial charge in [0.2, 0.25) is 0 Å². The van der Waals surface area contributed by atoms with Crippen LogP contribution in [0.1, 0.15) is 5.56 Å². The van der Waals surface area contributed by atoms with E-state index in [0.717, 1.165) is 12.1 Å². The minimum atomic E-state index is -4.37. The molecule has 0 spiro atoms. The SMILES string of the molecule is OCCOc1nccnc1Nc1ccc(C(F)(F)F)cc1. The van der Waals surface area contributed by atoms with Crippen molar-refractivity contribution in [3.8, 4) is 5.88 Å². The molecule has 112 valence electrons. The Morgan fingerprint density at radius 3 is 2.38 bits per heavy atom. The largest absolute Gasteiger partial charge is 0.473 e. The Kier molecular flexibility index (Phi) is 4.59. The number of nitrogens with one attached hydrogen (secondary N) is 1. The summed E-state index contributed by atoms with van der Waals surface area (Å²) < 4.78 is 42.6. The van der Waals surface area contributed by atoms with Crippen LogP contribution in [-0.4, -0.2) is 28.3 Å². The second-order valence-electron chi connectivity index (χ2n) is 3.98. The summed E-state index contributed by atoms with van der Waals surface area (Å²) in [6.45, 7) is -0.142. The molecular formula is C13H12F3N3O2. The van der Waals surface area contributed by atoms with Crippen molar-refractivity contribution in [3.05, 3.63) is 42.2 Å². The second-order valence-corrected chi connectivity index (χ2v) is 3.98. The molecule has 21 heavy (non-hydrogen) atoms. The summed E-state index contributed by atoms with van der Waals surface area (Å²) in [7, 11) is 0. The highest BCUT2D eigenvalue weighted by Gasteiger charge is 2.29. The van der Waals surface area contributed by atoms with Gasteiger partial charge in [-0.1, -0.05) is 0 Å². The predicted octanol–water partition coefficient (Wildman–Crippen LogP) is 2.61. The summed E-state index contributed by atoms with van der Waals surface area (Å²) in [6.07, 6.45) is -1.55. The first-order chi connectivity index (χ1) is 10.0. The maximum Gasteiger partial charge on any atom is 0.416 e. The van der Waals surface area contributed by atoms with Crippen LogP contribution >= 0.6 is 0 Å². The molecule has 0 unspecified atom stereocenters. The number of ether oxygens (including phenoxy) is 1.